The number of nitrogens with zero attached hydrogens (tertiary/aromatic N) is 2. The van der Waals surface area contributed by atoms with Gasteiger partial charge in [0.15, 0.2) is 0 Å². The van der Waals surface area contributed by atoms with Crippen LogP contribution < -0.4 is 5.56 Å². The number of aromatic amines is 1. The van der Waals surface area contributed by atoms with Crippen molar-refractivity contribution in [2.45, 2.75) is 26.7 Å². The highest BCUT2D eigenvalue weighted by molar-refractivity contribution is 5.70. The lowest BCUT2D eigenvalue weighted by Gasteiger charge is -2.07. The molecule has 0 saturated carbocycles. The number of aromatic nitrogens is 2. The number of aryl methyl sites for hydroxylation is 1. The van der Waals surface area contributed by atoms with Crippen molar-refractivity contribution in [2.75, 3.05) is 0 Å². The van der Waals surface area contributed by atoms with Gasteiger partial charge in [0.1, 0.15) is 0 Å². The van der Waals surface area contributed by atoms with Crippen LogP contribution in [0.1, 0.15) is 36.2 Å². The third-order valence-electron chi connectivity index (χ3n) is 4.54. The predicted octanol–water partition coefficient (Wildman–Crippen LogP) is 4.04. The van der Waals surface area contributed by atoms with Crippen molar-refractivity contribution in [2.24, 2.45) is 13.0 Å². The van der Waals surface area contributed by atoms with E-state index >= 15 is 0 Å². The third kappa shape index (κ3) is 3.62. The van der Waals surface area contributed by atoms with Crippen molar-refractivity contribution in [1.82, 2.24) is 9.78 Å². The Hall–Kier alpha value is -3.06. The summed E-state index contributed by atoms with van der Waals surface area (Å²) in [7, 11) is 1.76. The molecule has 4 nitrogen and oxygen atoms in total. The first kappa shape index (κ1) is 17.8. The summed E-state index contributed by atoms with van der Waals surface area (Å²) in [5, 5.41) is 12.5. The second-order valence-corrected chi connectivity index (χ2v) is 7.06. The molecule has 0 bridgehead atoms. The van der Waals surface area contributed by atoms with Gasteiger partial charge in [0.25, 0.3) is 5.56 Å². The maximum atomic E-state index is 12.4. The van der Waals surface area contributed by atoms with Crippen LogP contribution in [0.15, 0.2) is 53.3 Å². The highest BCUT2D eigenvalue weighted by Gasteiger charge is 2.14. The van der Waals surface area contributed by atoms with E-state index in [0.717, 1.165) is 34.4 Å². The average molecular weight is 345 g/mol. The Kier molecular flexibility index (Phi) is 5.09. The predicted molar refractivity (Wildman–Crippen MR) is 104 cm³/mol. The van der Waals surface area contributed by atoms with Crippen LogP contribution >= 0.6 is 0 Å². The van der Waals surface area contributed by atoms with E-state index in [1.165, 1.54) is 0 Å². The number of benzene rings is 2. The third-order valence-corrected chi connectivity index (χ3v) is 4.54. The molecule has 0 unspecified atom stereocenters. The van der Waals surface area contributed by atoms with Crippen LogP contribution in [0.3, 0.4) is 0 Å². The SMILES string of the molecule is CC(C)Cc1[nH]n(C)c(=O)c1Cc1ccc(-c2ccccc2C#N)cc1. The van der Waals surface area contributed by atoms with E-state index in [0.29, 0.717) is 17.9 Å². The summed E-state index contributed by atoms with van der Waals surface area (Å²) in [5.41, 5.74) is 5.59. The van der Waals surface area contributed by atoms with Crippen LogP contribution in [-0.4, -0.2) is 9.78 Å². The first-order chi connectivity index (χ1) is 12.5. The van der Waals surface area contributed by atoms with Gasteiger partial charge in [-0.3, -0.25) is 14.6 Å². The second kappa shape index (κ2) is 7.45. The molecule has 3 rings (SSSR count). The van der Waals surface area contributed by atoms with Crippen molar-refractivity contribution in [3.05, 3.63) is 81.3 Å². The smallest absolute Gasteiger partial charge is 0.270 e. The molecule has 2 aromatic carbocycles. The van der Waals surface area contributed by atoms with Crippen LogP contribution in [0.2, 0.25) is 0 Å². The Morgan fingerprint density at radius 1 is 1.12 bits per heavy atom. The Morgan fingerprint density at radius 2 is 1.81 bits per heavy atom. The van der Waals surface area contributed by atoms with Gasteiger partial charge in [-0.2, -0.15) is 5.26 Å². The normalized spacial score (nSPS) is 10.9. The van der Waals surface area contributed by atoms with E-state index in [9.17, 15) is 10.1 Å². The summed E-state index contributed by atoms with van der Waals surface area (Å²) < 4.78 is 1.56. The number of nitrogens with one attached hydrogen (secondary N) is 1. The van der Waals surface area contributed by atoms with E-state index in [4.69, 9.17) is 0 Å². The average Bonchev–Trinajstić information content (AvgIpc) is 2.89. The molecular weight excluding hydrogens is 322 g/mol. The molecule has 1 aromatic heterocycles. The summed E-state index contributed by atoms with van der Waals surface area (Å²) in [5.74, 6) is 0.483. The molecule has 0 spiro atoms. The number of hydrogen-bond acceptors (Lipinski definition) is 2. The zero-order valence-electron chi connectivity index (χ0n) is 15.4. The molecule has 0 fully saturated rings. The van der Waals surface area contributed by atoms with Crippen molar-refractivity contribution in [3.63, 3.8) is 0 Å². The fourth-order valence-corrected chi connectivity index (χ4v) is 3.25. The fraction of sp³-hybridized carbons (Fsp3) is 0.273. The van der Waals surface area contributed by atoms with Gasteiger partial charge >= 0.3 is 0 Å². The van der Waals surface area contributed by atoms with Crippen LogP contribution in [0.25, 0.3) is 11.1 Å². The van der Waals surface area contributed by atoms with Crippen molar-refractivity contribution in [1.29, 1.82) is 5.26 Å². The summed E-state index contributed by atoms with van der Waals surface area (Å²) in [6.45, 7) is 4.30. The molecule has 0 atom stereocenters. The summed E-state index contributed by atoms with van der Waals surface area (Å²) in [6, 6.07) is 17.9. The highest BCUT2D eigenvalue weighted by Crippen LogP contribution is 2.24. The minimum atomic E-state index is 0.0413. The lowest BCUT2D eigenvalue weighted by Crippen LogP contribution is -2.15. The van der Waals surface area contributed by atoms with Gasteiger partial charge in [0, 0.05) is 24.7 Å². The van der Waals surface area contributed by atoms with Gasteiger partial charge in [-0.05, 0) is 35.1 Å². The molecule has 26 heavy (non-hydrogen) atoms. The summed E-state index contributed by atoms with van der Waals surface area (Å²) in [6.07, 6.45) is 1.47. The standard InChI is InChI=1S/C22H23N3O/c1-15(2)12-21-20(22(26)25(3)24-21)13-16-8-10-17(11-9-16)19-7-5-4-6-18(19)14-23/h4-11,15,24H,12-13H2,1-3H3. The molecule has 1 heterocycles. The van der Waals surface area contributed by atoms with Crippen molar-refractivity contribution < 1.29 is 0 Å². The van der Waals surface area contributed by atoms with Gasteiger partial charge in [0.2, 0.25) is 0 Å². The molecule has 4 heteroatoms. The second-order valence-electron chi connectivity index (χ2n) is 7.06. The van der Waals surface area contributed by atoms with Crippen molar-refractivity contribution in [3.8, 4) is 17.2 Å². The first-order valence-electron chi connectivity index (χ1n) is 8.84. The molecule has 0 amide bonds. The highest BCUT2D eigenvalue weighted by atomic mass is 16.1. The fourth-order valence-electron chi connectivity index (χ4n) is 3.25. The Morgan fingerprint density at radius 3 is 2.46 bits per heavy atom. The molecule has 1 N–H and O–H groups in total. The molecular formula is C22H23N3O. The summed E-state index contributed by atoms with van der Waals surface area (Å²) >= 11 is 0. The van der Waals surface area contributed by atoms with Gasteiger partial charge in [-0.25, -0.2) is 0 Å². The minimum Gasteiger partial charge on any atom is -0.300 e. The van der Waals surface area contributed by atoms with E-state index < -0.39 is 0 Å². The van der Waals surface area contributed by atoms with Crippen LogP contribution in [-0.2, 0) is 19.9 Å². The molecule has 0 aliphatic rings. The van der Waals surface area contributed by atoms with Gasteiger partial charge in [-0.15, -0.1) is 0 Å². The van der Waals surface area contributed by atoms with E-state index in [-0.39, 0.29) is 5.56 Å². The maximum Gasteiger partial charge on any atom is 0.270 e. The number of H-pyrrole nitrogens is 1. The largest absolute Gasteiger partial charge is 0.300 e. The van der Waals surface area contributed by atoms with E-state index in [1.807, 2.05) is 48.5 Å². The number of hydrogen-bond donors (Lipinski definition) is 1. The molecule has 0 aliphatic heterocycles. The Bertz CT molecular complexity index is 1000. The van der Waals surface area contributed by atoms with Crippen LogP contribution in [0, 0.1) is 17.2 Å². The quantitative estimate of drug-likeness (QED) is 0.758. The molecule has 0 radical (unpaired) electrons. The van der Waals surface area contributed by atoms with E-state index in [2.05, 4.69) is 25.0 Å². The van der Waals surface area contributed by atoms with Crippen LogP contribution in [0.5, 0.6) is 0 Å². The summed E-state index contributed by atoms with van der Waals surface area (Å²) in [4.78, 5) is 12.4. The first-order valence-corrected chi connectivity index (χ1v) is 8.84. The zero-order chi connectivity index (χ0) is 18.7. The molecule has 0 aliphatic carbocycles. The lowest BCUT2D eigenvalue weighted by atomic mass is 9.96. The molecule has 132 valence electrons. The lowest BCUT2D eigenvalue weighted by molar-refractivity contribution is 0.617. The van der Waals surface area contributed by atoms with Crippen LogP contribution in [0.4, 0.5) is 0 Å². The minimum absolute atomic E-state index is 0.0413. The van der Waals surface area contributed by atoms with E-state index in [1.54, 1.807) is 11.7 Å². The Balaban J connectivity index is 1.89. The topological polar surface area (TPSA) is 61.6 Å². The van der Waals surface area contributed by atoms with Gasteiger partial charge in [-0.1, -0.05) is 56.3 Å². The molecule has 3 aromatic rings. The number of nitriles is 1. The molecule has 0 saturated heterocycles. The maximum absolute atomic E-state index is 12.4. The Labute approximate surface area is 153 Å². The number of rotatable bonds is 5. The zero-order valence-corrected chi connectivity index (χ0v) is 15.4. The van der Waals surface area contributed by atoms with Crippen molar-refractivity contribution >= 4 is 0 Å². The monoisotopic (exact) mass is 345 g/mol. The van der Waals surface area contributed by atoms with Gasteiger partial charge in [0.05, 0.1) is 11.6 Å². The van der Waals surface area contributed by atoms with Gasteiger partial charge < -0.3 is 0 Å².